The number of rotatable bonds is 3. The van der Waals surface area contributed by atoms with Crippen molar-refractivity contribution in [2.24, 2.45) is 7.05 Å². The molecule has 0 bridgehead atoms. The second kappa shape index (κ2) is 4.66. The van der Waals surface area contributed by atoms with Crippen LogP contribution in [0.4, 0.5) is 0 Å². The maximum Gasteiger partial charge on any atom is 0.143 e. The van der Waals surface area contributed by atoms with E-state index in [-0.39, 0.29) is 0 Å². The highest BCUT2D eigenvalue weighted by molar-refractivity contribution is 5.29. The summed E-state index contributed by atoms with van der Waals surface area (Å²) in [5, 5.41) is 22.8. The highest BCUT2D eigenvalue weighted by Gasteiger charge is 2.17. The fourth-order valence-electron chi connectivity index (χ4n) is 1.82. The maximum atomic E-state index is 10.2. The van der Waals surface area contributed by atoms with Crippen molar-refractivity contribution in [3.63, 3.8) is 0 Å². The van der Waals surface area contributed by atoms with Gasteiger partial charge in [0.05, 0.1) is 17.6 Å². The minimum atomic E-state index is -0.862. The summed E-state index contributed by atoms with van der Waals surface area (Å²) < 4.78 is 1.64. The highest BCUT2D eigenvalue weighted by atomic mass is 16.3. The first kappa shape index (κ1) is 11.6. The SMILES string of the molecule is Cn1ccc(C(O)c2cnn(-c3ccccc3)n2)n1. The van der Waals surface area contributed by atoms with Gasteiger partial charge in [-0.2, -0.15) is 20.1 Å². The van der Waals surface area contributed by atoms with Crippen molar-refractivity contribution in [3.8, 4) is 5.69 Å². The first-order valence-corrected chi connectivity index (χ1v) is 5.89. The van der Waals surface area contributed by atoms with Crippen LogP contribution in [0.5, 0.6) is 0 Å². The molecule has 1 atom stereocenters. The van der Waals surface area contributed by atoms with Crippen molar-refractivity contribution < 1.29 is 5.11 Å². The molecule has 6 nitrogen and oxygen atoms in total. The van der Waals surface area contributed by atoms with Crippen LogP contribution < -0.4 is 0 Å². The molecule has 3 rings (SSSR count). The lowest BCUT2D eigenvalue weighted by atomic mass is 10.2. The fourth-order valence-corrected chi connectivity index (χ4v) is 1.82. The summed E-state index contributed by atoms with van der Waals surface area (Å²) in [5.74, 6) is 0. The van der Waals surface area contributed by atoms with Crippen LogP contribution in [0.3, 0.4) is 0 Å². The number of hydrogen-bond acceptors (Lipinski definition) is 4. The maximum absolute atomic E-state index is 10.2. The Balaban J connectivity index is 1.89. The van der Waals surface area contributed by atoms with Crippen LogP contribution in [-0.4, -0.2) is 29.9 Å². The molecule has 0 saturated carbocycles. The molecule has 19 heavy (non-hydrogen) atoms. The fraction of sp³-hybridized carbons (Fsp3) is 0.154. The molecular formula is C13H13N5O. The molecule has 2 heterocycles. The number of aryl methyl sites for hydroxylation is 1. The van der Waals surface area contributed by atoms with Crippen LogP contribution in [0.1, 0.15) is 17.5 Å². The van der Waals surface area contributed by atoms with Crippen LogP contribution >= 0.6 is 0 Å². The van der Waals surface area contributed by atoms with Crippen molar-refractivity contribution in [2.45, 2.75) is 6.10 Å². The predicted molar refractivity (Wildman–Crippen MR) is 68.6 cm³/mol. The minimum absolute atomic E-state index is 0.475. The first-order valence-electron chi connectivity index (χ1n) is 5.89. The van der Waals surface area contributed by atoms with E-state index in [1.807, 2.05) is 30.3 Å². The van der Waals surface area contributed by atoms with Gasteiger partial charge in [-0.15, -0.1) is 0 Å². The van der Waals surface area contributed by atoms with Crippen LogP contribution in [0.15, 0.2) is 48.8 Å². The highest BCUT2D eigenvalue weighted by Crippen LogP contribution is 2.18. The van der Waals surface area contributed by atoms with E-state index >= 15 is 0 Å². The van der Waals surface area contributed by atoms with Crippen molar-refractivity contribution in [1.29, 1.82) is 0 Å². The van der Waals surface area contributed by atoms with Crippen LogP contribution in [-0.2, 0) is 7.05 Å². The van der Waals surface area contributed by atoms with E-state index < -0.39 is 6.10 Å². The van der Waals surface area contributed by atoms with Gasteiger partial charge in [0.1, 0.15) is 11.8 Å². The van der Waals surface area contributed by atoms with Gasteiger partial charge in [0.2, 0.25) is 0 Å². The van der Waals surface area contributed by atoms with Crippen LogP contribution in [0.25, 0.3) is 5.69 Å². The van der Waals surface area contributed by atoms with Gasteiger partial charge >= 0.3 is 0 Å². The average Bonchev–Trinajstić information content (AvgIpc) is 3.08. The largest absolute Gasteiger partial charge is 0.380 e. The topological polar surface area (TPSA) is 68.8 Å². The molecule has 0 aliphatic heterocycles. The van der Waals surface area contributed by atoms with Gasteiger partial charge < -0.3 is 5.11 Å². The minimum Gasteiger partial charge on any atom is -0.380 e. The Morgan fingerprint density at radius 3 is 2.53 bits per heavy atom. The quantitative estimate of drug-likeness (QED) is 0.760. The molecule has 0 radical (unpaired) electrons. The number of aliphatic hydroxyl groups excluding tert-OH is 1. The Kier molecular flexibility index (Phi) is 2.85. The number of para-hydroxylation sites is 1. The lowest BCUT2D eigenvalue weighted by Crippen LogP contribution is -2.04. The van der Waals surface area contributed by atoms with Gasteiger partial charge in [0, 0.05) is 13.2 Å². The Morgan fingerprint density at radius 2 is 1.84 bits per heavy atom. The van der Waals surface area contributed by atoms with Gasteiger partial charge in [-0.3, -0.25) is 4.68 Å². The number of hydrogen-bond donors (Lipinski definition) is 1. The van der Waals surface area contributed by atoms with E-state index in [4.69, 9.17) is 0 Å². The van der Waals surface area contributed by atoms with Crippen LogP contribution in [0, 0.1) is 0 Å². The molecular weight excluding hydrogens is 242 g/mol. The molecule has 6 heteroatoms. The molecule has 0 fully saturated rings. The van der Waals surface area contributed by atoms with E-state index in [0.717, 1.165) is 5.69 Å². The van der Waals surface area contributed by atoms with E-state index in [0.29, 0.717) is 11.4 Å². The van der Waals surface area contributed by atoms with E-state index in [1.54, 1.807) is 30.2 Å². The van der Waals surface area contributed by atoms with E-state index in [2.05, 4.69) is 15.3 Å². The summed E-state index contributed by atoms with van der Waals surface area (Å²) in [6.45, 7) is 0. The van der Waals surface area contributed by atoms with E-state index in [1.165, 1.54) is 4.80 Å². The molecule has 96 valence electrons. The summed E-state index contributed by atoms with van der Waals surface area (Å²) in [5.41, 5.74) is 1.88. The number of aromatic nitrogens is 5. The summed E-state index contributed by atoms with van der Waals surface area (Å²) in [6, 6.07) is 11.3. The summed E-state index contributed by atoms with van der Waals surface area (Å²) in [7, 11) is 1.80. The zero-order valence-corrected chi connectivity index (χ0v) is 10.4. The second-order valence-electron chi connectivity index (χ2n) is 4.21. The predicted octanol–water partition coefficient (Wildman–Crippen LogP) is 1.08. The lowest BCUT2D eigenvalue weighted by molar-refractivity contribution is 0.209. The average molecular weight is 255 g/mol. The summed E-state index contributed by atoms with van der Waals surface area (Å²) in [6.07, 6.45) is 2.46. The number of nitrogens with zero attached hydrogens (tertiary/aromatic N) is 5. The van der Waals surface area contributed by atoms with Crippen molar-refractivity contribution in [3.05, 3.63) is 60.2 Å². The van der Waals surface area contributed by atoms with Gasteiger partial charge in [0.25, 0.3) is 0 Å². The third-order valence-corrected chi connectivity index (χ3v) is 2.79. The summed E-state index contributed by atoms with van der Waals surface area (Å²) >= 11 is 0. The van der Waals surface area contributed by atoms with Crippen molar-refractivity contribution in [2.75, 3.05) is 0 Å². The third-order valence-electron chi connectivity index (χ3n) is 2.79. The normalized spacial score (nSPS) is 12.5. The molecule has 0 aliphatic rings. The van der Waals surface area contributed by atoms with Crippen molar-refractivity contribution >= 4 is 0 Å². The molecule has 2 aromatic heterocycles. The number of benzene rings is 1. The Hall–Kier alpha value is -2.47. The van der Waals surface area contributed by atoms with Gasteiger partial charge in [-0.25, -0.2) is 0 Å². The Bertz CT molecular complexity index is 673. The molecule has 3 aromatic rings. The molecule has 0 spiro atoms. The third kappa shape index (κ3) is 2.25. The van der Waals surface area contributed by atoms with Gasteiger partial charge in [-0.1, -0.05) is 18.2 Å². The van der Waals surface area contributed by atoms with Crippen molar-refractivity contribution in [1.82, 2.24) is 24.8 Å². The van der Waals surface area contributed by atoms with Crippen LogP contribution in [0.2, 0.25) is 0 Å². The molecule has 0 aliphatic carbocycles. The van der Waals surface area contributed by atoms with E-state index in [9.17, 15) is 5.11 Å². The zero-order valence-electron chi connectivity index (χ0n) is 10.4. The molecule has 0 amide bonds. The lowest BCUT2D eigenvalue weighted by Gasteiger charge is -2.03. The molecule has 0 saturated heterocycles. The molecule has 1 aromatic carbocycles. The standard InChI is InChI=1S/C13H13N5O/c1-17-8-7-11(15-17)13(19)12-9-14-18(16-12)10-5-3-2-4-6-10/h2-9,13,19H,1H3. The monoisotopic (exact) mass is 255 g/mol. The number of aliphatic hydroxyl groups is 1. The second-order valence-corrected chi connectivity index (χ2v) is 4.21. The smallest absolute Gasteiger partial charge is 0.143 e. The Morgan fingerprint density at radius 1 is 1.05 bits per heavy atom. The Labute approximate surface area is 109 Å². The zero-order chi connectivity index (χ0) is 13.2. The van der Waals surface area contributed by atoms with Gasteiger partial charge in [-0.05, 0) is 18.2 Å². The summed E-state index contributed by atoms with van der Waals surface area (Å²) in [4.78, 5) is 1.49. The van der Waals surface area contributed by atoms with Gasteiger partial charge in [0.15, 0.2) is 0 Å². The molecule has 1 unspecified atom stereocenters. The first-order chi connectivity index (χ1) is 9.24. The molecule has 1 N–H and O–H groups in total.